The zero-order chi connectivity index (χ0) is 19.6. The summed E-state index contributed by atoms with van der Waals surface area (Å²) in [6.45, 7) is 4.49. The molecule has 0 saturated carbocycles. The Labute approximate surface area is 161 Å². The molecule has 3 amide bonds. The maximum Gasteiger partial charge on any atom is 0.321 e. The van der Waals surface area contributed by atoms with E-state index >= 15 is 0 Å². The van der Waals surface area contributed by atoms with Crippen LogP contribution in [-0.4, -0.2) is 57.3 Å². The van der Waals surface area contributed by atoms with E-state index < -0.39 is 0 Å². The number of piperidine rings is 1. The highest BCUT2D eigenvalue weighted by molar-refractivity contribution is 5.89. The first-order chi connectivity index (χ1) is 13.1. The fraction of sp³-hybridized carbons (Fsp3) is 0.600. The number of rotatable bonds is 8. The van der Waals surface area contributed by atoms with Crippen LogP contribution >= 0.6 is 0 Å². The van der Waals surface area contributed by atoms with E-state index in [0.29, 0.717) is 55.9 Å². The number of likely N-dealkylation sites (tertiary alicyclic amines) is 1. The van der Waals surface area contributed by atoms with Crippen molar-refractivity contribution in [2.75, 3.05) is 45.8 Å². The molecule has 27 heavy (non-hydrogen) atoms. The number of methoxy groups -OCH3 is 2. The topological polar surface area (TPSA) is 79.9 Å². The molecule has 0 aliphatic carbocycles. The van der Waals surface area contributed by atoms with Crippen LogP contribution in [0, 0.1) is 11.8 Å². The summed E-state index contributed by atoms with van der Waals surface area (Å²) in [5, 5.41) is 5.82. The largest absolute Gasteiger partial charge is 0.497 e. The highest BCUT2D eigenvalue weighted by Crippen LogP contribution is 2.29. The van der Waals surface area contributed by atoms with Crippen molar-refractivity contribution in [3.63, 3.8) is 0 Å². The lowest BCUT2D eigenvalue weighted by atomic mass is 9.81. The van der Waals surface area contributed by atoms with Crippen molar-refractivity contribution in [1.29, 1.82) is 0 Å². The first kappa shape index (κ1) is 21.0. The van der Waals surface area contributed by atoms with Crippen molar-refractivity contribution in [2.45, 2.75) is 26.2 Å². The summed E-state index contributed by atoms with van der Waals surface area (Å²) in [5.74, 6) is 1.39. The third-order valence-corrected chi connectivity index (χ3v) is 5.10. The van der Waals surface area contributed by atoms with E-state index in [9.17, 15) is 9.59 Å². The summed E-state index contributed by atoms with van der Waals surface area (Å²) in [6, 6.07) is 7.22. The molecule has 1 aromatic rings. The molecule has 1 aromatic carbocycles. The number of hydrogen-bond donors (Lipinski definition) is 2. The Hall–Kier alpha value is -2.28. The Morgan fingerprint density at radius 2 is 2.07 bits per heavy atom. The number of benzene rings is 1. The van der Waals surface area contributed by atoms with Crippen molar-refractivity contribution in [3.05, 3.63) is 24.3 Å². The number of nitrogens with zero attached hydrogens (tertiary/aromatic N) is 1. The van der Waals surface area contributed by atoms with Crippen molar-refractivity contribution in [2.24, 2.45) is 11.8 Å². The van der Waals surface area contributed by atoms with Crippen LogP contribution in [0.2, 0.25) is 0 Å². The molecule has 2 N–H and O–H groups in total. The number of urea groups is 1. The van der Waals surface area contributed by atoms with Gasteiger partial charge in [0.2, 0.25) is 5.91 Å². The number of amides is 3. The minimum atomic E-state index is -0.107. The molecule has 1 heterocycles. The van der Waals surface area contributed by atoms with Gasteiger partial charge in [0.25, 0.3) is 0 Å². The number of nitrogens with one attached hydrogen (secondary N) is 2. The maximum absolute atomic E-state index is 12.6. The molecular formula is C20H31N3O4. The Morgan fingerprint density at radius 1 is 1.26 bits per heavy atom. The number of hydrogen-bond acceptors (Lipinski definition) is 4. The van der Waals surface area contributed by atoms with E-state index in [1.165, 1.54) is 0 Å². The van der Waals surface area contributed by atoms with Crippen LogP contribution < -0.4 is 15.4 Å². The molecule has 0 unspecified atom stereocenters. The second-order valence-corrected chi connectivity index (χ2v) is 6.87. The monoisotopic (exact) mass is 377 g/mol. The second-order valence-electron chi connectivity index (χ2n) is 6.87. The summed E-state index contributed by atoms with van der Waals surface area (Å²) < 4.78 is 10.1. The molecule has 150 valence electrons. The van der Waals surface area contributed by atoms with Crippen LogP contribution in [0.3, 0.4) is 0 Å². The van der Waals surface area contributed by atoms with Gasteiger partial charge in [0.1, 0.15) is 5.75 Å². The highest BCUT2D eigenvalue weighted by Gasteiger charge is 2.31. The highest BCUT2D eigenvalue weighted by atomic mass is 16.5. The van der Waals surface area contributed by atoms with Gasteiger partial charge in [-0.1, -0.05) is 19.4 Å². The van der Waals surface area contributed by atoms with Crippen LogP contribution in [0.25, 0.3) is 0 Å². The van der Waals surface area contributed by atoms with E-state index in [2.05, 4.69) is 17.6 Å². The van der Waals surface area contributed by atoms with Gasteiger partial charge in [-0.3, -0.25) is 4.79 Å². The molecule has 7 nitrogen and oxygen atoms in total. The zero-order valence-electron chi connectivity index (χ0n) is 16.5. The number of carbonyl (C=O) groups excluding carboxylic acids is 2. The summed E-state index contributed by atoms with van der Waals surface area (Å²) in [6.07, 6.45) is 2.29. The fourth-order valence-corrected chi connectivity index (χ4v) is 3.50. The Kier molecular flexibility index (Phi) is 8.39. The Morgan fingerprint density at radius 3 is 2.78 bits per heavy atom. The molecule has 1 aliphatic rings. The third-order valence-electron chi connectivity index (χ3n) is 5.10. The zero-order valence-corrected chi connectivity index (χ0v) is 16.5. The number of carbonyl (C=O) groups is 2. The smallest absolute Gasteiger partial charge is 0.321 e. The Bertz CT molecular complexity index is 623. The van der Waals surface area contributed by atoms with Crippen LogP contribution in [0.5, 0.6) is 5.75 Å². The predicted octanol–water partition coefficient (Wildman–Crippen LogP) is 2.73. The van der Waals surface area contributed by atoms with Gasteiger partial charge in [0, 0.05) is 44.9 Å². The van der Waals surface area contributed by atoms with Crippen molar-refractivity contribution < 1.29 is 19.1 Å². The number of ether oxygens (including phenoxy) is 2. The molecule has 1 fully saturated rings. The van der Waals surface area contributed by atoms with Crippen LogP contribution in [-0.2, 0) is 9.53 Å². The van der Waals surface area contributed by atoms with Gasteiger partial charge in [-0.25, -0.2) is 4.79 Å². The summed E-state index contributed by atoms with van der Waals surface area (Å²) in [5.41, 5.74) is 0.715. The molecule has 0 spiro atoms. The minimum Gasteiger partial charge on any atom is -0.497 e. The lowest BCUT2D eigenvalue weighted by molar-refractivity contribution is -0.123. The van der Waals surface area contributed by atoms with E-state index in [1.807, 2.05) is 23.1 Å². The lowest BCUT2D eigenvalue weighted by Gasteiger charge is -2.38. The van der Waals surface area contributed by atoms with Gasteiger partial charge in [-0.2, -0.15) is 0 Å². The van der Waals surface area contributed by atoms with E-state index in [4.69, 9.17) is 9.47 Å². The molecular weight excluding hydrogens is 346 g/mol. The predicted molar refractivity (Wildman–Crippen MR) is 105 cm³/mol. The molecule has 2 rings (SSSR count). The molecule has 1 aliphatic heterocycles. The maximum atomic E-state index is 12.6. The summed E-state index contributed by atoms with van der Waals surface area (Å²) in [7, 11) is 3.22. The minimum absolute atomic E-state index is 0.0600. The first-order valence-electron chi connectivity index (χ1n) is 9.53. The van der Waals surface area contributed by atoms with Crippen LogP contribution in [0.4, 0.5) is 10.5 Å². The van der Waals surface area contributed by atoms with E-state index in [-0.39, 0.29) is 11.9 Å². The van der Waals surface area contributed by atoms with Crippen molar-refractivity contribution in [3.8, 4) is 5.75 Å². The lowest BCUT2D eigenvalue weighted by Crippen LogP contribution is -2.46. The van der Waals surface area contributed by atoms with Gasteiger partial charge >= 0.3 is 6.03 Å². The summed E-state index contributed by atoms with van der Waals surface area (Å²) >= 11 is 0. The van der Waals surface area contributed by atoms with Gasteiger partial charge in [0.15, 0.2) is 0 Å². The van der Waals surface area contributed by atoms with Gasteiger partial charge in [0.05, 0.1) is 13.7 Å². The third kappa shape index (κ3) is 6.43. The molecule has 2 atom stereocenters. The molecule has 1 saturated heterocycles. The van der Waals surface area contributed by atoms with Gasteiger partial charge in [-0.15, -0.1) is 0 Å². The number of anilines is 1. The fourth-order valence-electron chi connectivity index (χ4n) is 3.50. The molecule has 0 radical (unpaired) electrons. The second kappa shape index (κ2) is 10.8. The van der Waals surface area contributed by atoms with Crippen molar-refractivity contribution >= 4 is 17.6 Å². The van der Waals surface area contributed by atoms with Gasteiger partial charge < -0.3 is 25.0 Å². The van der Waals surface area contributed by atoms with Crippen LogP contribution in [0.1, 0.15) is 26.2 Å². The van der Waals surface area contributed by atoms with Gasteiger partial charge in [-0.05, 0) is 30.4 Å². The average Bonchev–Trinajstić information content (AvgIpc) is 2.68. The van der Waals surface area contributed by atoms with Crippen molar-refractivity contribution in [1.82, 2.24) is 10.2 Å². The van der Waals surface area contributed by atoms with E-state index in [0.717, 1.165) is 12.8 Å². The summed E-state index contributed by atoms with van der Waals surface area (Å²) in [4.78, 5) is 26.5. The van der Waals surface area contributed by atoms with E-state index in [1.54, 1.807) is 20.3 Å². The quantitative estimate of drug-likeness (QED) is 0.683. The molecule has 7 heteroatoms. The average molecular weight is 377 g/mol. The van der Waals surface area contributed by atoms with Crippen LogP contribution in [0.15, 0.2) is 24.3 Å². The normalized spacial score (nSPS) is 19.4. The standard InChI is InChI=1S/C20H31N3O4/c1-4-15-14-23(10-8-16(15)12-19(24)21-9-11-26-2)20(25)22-17-6-5-7-18(13-17)27-3/h5-7,13,15-16H,4,8-12,14H2,1-3H3,(H,21,24)(H,22,25)/t15-,16+/m1/s1. The molecule has 0 aromatic heterocycles. The molecule has 0 bridgehead atoms. The SMILES string of the molecule is CC[C@@H]1CN(C(=O)Nc2cccc(OC)c2)CC[C@H]1CC(=O)NCCOC. The Balaban J connectivity index is 1.87. The first-order valence-corrected chi connectivity index (χ1v) is 9.53.